The molecule has 0 unspecified atom stereocenters. The van der Waals surface area contributed by atoms with Crippen molar-refractivity contribution >= 4 is 38.3 Å². The number of nitrogens with zero attached hydrogens (tertiary/aromatic N) is 7. The van der Waals surface area contributed by atoms with Crippen molar-refractivity contribution < 1.29 is 22.3 Å². The molecule has 3 aromatic heterocycles. The van der Waals surface area contributed by atoms with Crippen LogP contribution in [0.4, 0.5) is 15.9 Å². The third-order valence-corrected chi connectivity index (χ3v) is 9.24. The Morgan fingerprint density at radius 3 is 2.57 bits per heavy atom. The molecular weight excluding hydrogens is 591 g/mol. The molecular formula is C29H31FN8O5S. The second-order valence-electron chi connectivity index (χ2n) is 11.0. The summed E-state index contributed by atoms with van der Waals surface area (Å²) in [5.74, 6) is -0.976. The summed E-state index contributed by atoms with van der Waals surface area (Å²) in [5, 5.41) is 4.29. The van der Waals surface area contributed by atoms with Crippen molar-refractivity contribution in [2.75, 3.05) is 49.7 Å². The number of piperazine rings is 1. The average Bonchev–Trinajstić information content (AvgIpc) is 3.28. The van der Waals surface area contributed by atoms with Crippen LogP contribution < -0.4 is 16.3 Å². The van der Waals surface area contributed by atoms with Gasteiger partial charge < -0.3 is 20.3 Å². The van der Waals surface area contributed by atoms with Gasteiger partial charge in [-0.25, -0.2) is 27.2 Å². The van der Waals surface area contributed by atoms with Gasteiger partial charge in [0.1, 0.15) is 17.2 Å². The number of benzene rings is 1. The molecule has 1 atom stereocenters. The number of fused-ring (bicyclic) bond motifs is 1. The average molecular weight is 623 g/mol. The lowest BCUT2D eigenvalue weighted by atomic mass is 9.95. The van der Waals surface area contributed by atoms with Crippen LogP contribution in [-0.2, 0) is 26.4 Å². The number of nitrogens with two attached hydrogens (primary N) is 1. The van der Waals surface area contributed by atoms with Gasteiger partial charge in [0.2, 0.25) is 5.91 Å². The number of hydrogen-bond acceptors (Lipinski definition) is 10. The molecule has 0 radical (unpaired) electrons. The van der Waals surface area contributed by atoms with Gasteiger partial charge in [-0.1, -0.05) is 18.7 Å². The van der Waals surface area contributed by atoms with Crippen LogP contribution in [0.25, 0.3) is 28.1 Å². The van der Waals surface area contributed by atoms with Crippen molar-refractivity contribution in [3.05, 3.63) is 65.0 Å². The maximum atomic E-state index is 16.0. The van der Waals surface area contributed by atoms with Crippen LogP contribution in [0.3, 0.4) is 0 Å². The minimum Gasteiger partial charge on any atom is -0.396 e. The number of rotatable bonds is 6. The third-order valence-electron chi connectivity index (χ3n) is 8.11. The maximum Gasteiger partial charge on any atom is 0.355 e. The Morgan fingerprint density at radius 1 is 1.23 bits per heavy atom. The Kier molecular flexibility index (Phi) is 7.24. The summed E-state index contributed by atoms with van der Waals surface area (Å²) in [7, 11) is -2.27. The molecule has 2 saturated heterocycles. The van der Waals surface area contributed by atoms with Crippen LogP contribution >= 0.6 is 0 Å². The van der Waals surface area contributed by atoms with Crippen LogP contribution in [0.2, 0.25) is 0 Å². The third kappa shape index (κ3) is 4.81. The number of aromatic nitrogens is 5. The Morgan fingerprint density at radius 2 is 1.98 bits per heavy atom. The van der Waals surface area contributed by atoms with Crippen molar-refractivity contribution in [1.82, 2.24) is 29.2 Å². The van der Waals surface area contributed by atoms with Gasteiger partial charge in [-0.05, 0) is 30.7 Å². The molecule has 2 N–H and O–H groups in total. The number of ether oxygens (including phenoxy) is 1. The second-order valence-corrected chi connectivity index (χ2v) is 13.0. The van der Waals surface area contributed by atoms with Gasteiger partial charge in [-0.15, -0.1) is 0 Å². The standard InChI is InChI=1S/C29H31FN8O5S/c1-5-23(39)36-9-10-37(16(2)13-36)27-19-11-20(30)24(26-21(31)12-32-35(26)3)33-28(19)38(29(40)34-27)25-18(17-14-43-15-17)7-6-8-22(25)44(4,41)42/h5-8,11-12,16-17H,1,9-10,13-15,31H2,2-4H3/t16-/m0/s1. The smallest absolute Gasteiger partial charge is 0.355 e. The van der Waals surface area contributed by atoms with Gasteiger partial charge in [0, 0.05) is 44.9 Å². The first-order valence-electron chi connectivity index (χ1n) is 13.9. The van der Waals surface area contributed by atoms with Crippen LogP contribution in [0.15, 0.2) is 52.8 Å². The van der Waals surface area contributed by atoms with Crippen LogP contribution in [0, 0.1) is 5.82 Å². The largest absolute Gasteiger partial charge is 0.396 e. The van der Waals surface area contributed by atoms with E-state index in [0.717, 1.165) is 10.8 Å². The van der Waals surface area contributed by atoms with Gasteiger partial charge in [0.25, 0.3) is 0 Å². The first kappa shape index (κ1) is 29.4. The molecule has 0 aliphatic carbocycles. The topological polar surface area (TPSA) is 159 Å². The van der Waals surface area contributed by atoms with Crippen molar-refractivity contribution in [3.8, 4) is 17.1 Å². The number of para-hydroxylation sites is 1. The van der Waals surface area contributed by atoms with E-state index in [1.165, 1.54) is 29.1 Å². The van der Waals surface area contributed by atoms with E-state index in [1.807, 2.05) is 11.8 Å². The molecule has 44 heavy (non-hydrogen) atoms. The molecule has 230 valence electrons. The molecule has 15 heteroatoms. The lowest BCUT2D eigenvalue weighted by molar-refractivity contribution is -0.126. The number of hydrogen-bond donors (Lipinski definition) is 1. The lowest BCUT2D eigenvalue weighted by Crippen LogP contribution is -2.54. The SMILES string of the molecule is C=CC(=O)N1CCN(c2nc(=O)n(-c3c(C4COC4)cccc3S(C)(=O)=O)c3nc(-c4c(N)cnn4C)c(F)cc23)[C@@H](C)C1. The Labute approximate surface area is 252 Å². The van der Waals surface area contributed by atoms with E-state index in [2.05, 4.69) is 21.6 Å². The molecule has 0 bridgehead atoms. The molecule has 4 aromatic rings. The van der Waals surface area contributed by atoms with E-state index in [-0.39, 0.29) is 62.4 Å². The molecule has 0 saturated carbocycles. The highest BCUT2D eigenvalue weighted by Gasteiger charge is 2.33. The number of carbonyl (C=O) groups excluding carboxylic acids is 1. The number of nitrogen functional groups attached to an aromatic ring is 1. The number of pyridine rings is 1. The quantitative estimate of drug-likeness (QED) is 0.313. The van der Waals surface area contributed by atoms with Gasteiger partial charge in [-0.2, -0.15) is 10.1 Å². The van der Waals surface area contributed by atoms with E-state index < -0.39 is 21.3 Å². The fourth-order valence-electron chi connectivity index (χ4n) is 5.86. The Bertz CT molecular complexity index is 1980. The van der Waals surface area contributed by atoms with Crippen LogP contribution in [0.1, 0.15) is 18.4 Å². The van der Waals surface area contributed by atoms with Gasteiger partial charge in [0.05, 0.1) is 41.1 Å². The highest BCUT2D eigenvalue weighted by atomic mass is 32.2. The fraction of sp³-hybridized carbons (Fsp3) is 0.345. The summed E-state index contributed by atoms with van der Waals surface area (Å²) in [4.78, 5) is 38.9. The molecule has 2 aliphatic rings. The summed E-state index contributed by atoms with van der Waals surface area (Å²) in [6.07, 6.45) is 3.67. The lowest BCUT2D eigenvalue weighted by Gasteiger charge is -2.40. The van der Waals surface area contributed by atoms with Crippen molar-refractivity contribution in [1.29, 1.82) is 0 Å². The molecule has 1 aromatic carbocycles. The van der Waals surface area contributed by atoms with E-state index in [1.54, 1.807) is 24.1 Å². The number of aryl methyl sites for hydroxylation is 1. The molecule has 2 fully saturated rings. The highest BCUT2D eigenvalue weighted by molar-refractivity contribution is 7.90. The second kappa shape index (κ2) is 10.8. The molecule has 6 rings (SSSR count). The summed E-state index contributed by atoms with van der Waals surface area (Å²) in [6.45, 7) is 7.04. The number of anilines is 2. The van der Waals surface area contributed by atoms with E-state index >= 15 is 4.39 Å². The first-order chi connectivity index (χ1) is 20.9. The molecule has 13 nitrogen and oxygen atoms in total. The zero-order valence-corrected chi connectivity index (χ0v) is 25.2. The number of halogens is 1. The van der Waals surface area contributed by atoms with E-state index in [0.29, 0.717) is 38.4 Å². The normalized spacial score (nSPS) is 17.6. The monoisotopic (exact) mass is 622 g/mol. The molecule has 0 spiro atoms. The minimum absolute atomic E-state index is 0.00797. The Hall–Kier alpha value is -4.63. The van der Waals surface area contributed by atoms with E-state index in [9.17, 15) is 18.0 Å². The van der Waals surface area contributed by atoms with Crippen molar-refractivity contribution in [3.63, 3.8) is 0 Å². The predicted octanol–water partition coefficient (Wildman–Crippen LogP) is 1.64. The fourth-order valence-corrected chi connectivity index (χ4v) is 6.75. The summed E-state index contributed by atoms with van der Waals surface area (Å²) >= 11 is 0. The summed E-state index contributed by atoms with van der Waals surface area (Å²) < 4.78 is 50.1. The predicted molar refractivity (Wildman–Crippen MR) is 162 cm³/mol. The number of sulfone groups is 1. The van der Waals surface area contributed by atoms with E-state index in [4.69, 9.17) is 10.5 Å². The zero-order valence-electron chi connectivity index (χ0n) is 24.4. The van der Waals surface area contributed by atoms with Crippen molar-refractivity contribution in [2.24, 2.45) is 7.05 Å². The summed E-state index contributed by atoms with van der Waals surface area (Å²) in [5.41, 5.74) is 6.18. The number of carbonyl (C=O) groups is 1. The van der Waals surface area contributed by atoms with Gasteiger partial charge in [0.15, 0.2) is 21.3 Å². The minimum atomic E-state index is -3.86. The van der Waals surface area contributed by atoms with Gasteiger partial charge in [-0.3, -0.25) is 9.48 Å². The van der Waals surface area contributed by atoms with Crippen LogP contribution in [-0.4, -0.2) is 88.7 Å². The highest BCUT2D eigenvalue weighted by Crippen LogP contribution is 2.37. The maximum absolute atomic E-state index is 16.0. The zero-order chi connectivity index (χ0) is 31.5. The molecule has 2 aliphatic heterocycles. The van der Waals surface area contributed by atoms with Crippen molar-refractivity contribution in [2.45, 2.75) is 23.8 Å². The number of amides is 1. The van der Waals surface area contributed by atoms with Crippen LogP contribution in [0.5, 0.6) is 0 Å². The van der Waals surface area contributed by atoms with Gasteiger partial charge >= 0.3 is 5.69 Å². The Balaban J connectivity index is 1.68. The molecule has 5 heterocycles. The molecule has 1 amide bonds. The first-order valence-corrected chi connectivity index (χ1v) is 15.8. The summed E-state index contributed by atoms with van der Waals surface area (Å²) in [6, 6.07) is 5.70.